The van der Waals surface area contributed by atoms with E-state index in [4.69, 9.17) is 0 Å². The Bertz CT molecular complexity index is 1090. The number of hydrogen-bond donors (Lipinski definition) is 1. The van der Waals surface area contributed by atoms with Crippen molar-refractivity contribution in [2.24, 2.45) is 5.92 Å². The van der Waals surface area contributed by atoms with E-state index in [2.05, 4.69) is 10.3 Å². The van der Waals surface area contributed by atoms with Gasteiger partial charge in [-0.1, -0.05) is 30.3 Å². The Hall–Kier alpha value is -2.99. The fourth-order valence-electron chi connectivity index (χ4n) is 3.28. The zero-order chi connectivity index (χ0) is 19.7. The number of pyridine rings is 1. The maximum atomic E-state index is 12.4. The van der Waals surface area contributed by atoms with E-state index >= 15 is 0 Å². The van der Waals surface area contributed by atoms with Gasteiger partial charge in [-0.05, 0) is 53.9 Å². The van der Waals surface area contributed by atoms with E-state index in [1.165, 1.54) is 6.26 Å². The molecular formula is C22H20N2O3S. The van der Waals surface area contributed by atoms with Crippen molar-refractivity contribution in [1.29, 1.82) is 0 Å². The van der Waals surface area contributed by atoms with Gasteiger partial charge in [0.25, 0.3) is 0 Å². The Balaban J connectivity index is 1.41. The van der Waals surface area contributed by atoms with E-state index in [-0.39, 0.29) is 17.7 Å². The molecule has 6 heteroatoms. The maximum Gasteiger partial charge on any atom is 0.228 e. The number of anilines is 1. The van der Waals surface area contributed by atoms with Gasteiger partial charge in [-0.2, -0.15) is 0 Å². The van der Waals surface area contributed by atoms with Crippen LogP contribution in [0.4, 0.5) is 5.69 Å². The minimum absolute atomic E-state index is 0.0147. The summed E-state index contributed by atoms with van der Waals surface area (Å²) >= 11 is 0. The van der Waals surface area contributed by atoms with Crippen molar-refractivity contribution in [2.45, 2.75) is 17.2 Å². The predicted octanol–water partition coefficient (Wildman–Crippen LogP) is 3.89. The van der Waals surface area contributed by atoms with Crippen LogP contribution in [0, 0.1) is 5.92 Å². The van der Waals surface area contributed by atoms with Gasteiger partial charge >= 0.3 is 0 Å². The minimum atomic E-state index is -3.20. The van der Waals surface area contributed by atoms with E-state index in [0.29, 0.717) is 4.90 Å². The first kappa shape index (κ1) is 18.4. The summed E-state index contributed by atoms with van der Waals surface area (Å²) in [6, 6.07) is 20.1. The third kappa shape index (κ3) is 3.97. The summed E-state index contributed by atoms with van der Waals surface area (Å²) in [7, 11) is -3.20. The lowest BCUT2D eigenvalue weighted by atomic mass is 10.1. The summed E-state index contributed by atoms with van der Waals surface area (Å²) in [6.07, 6.45) is 3.77. The van der Waals surface area contributed by atoms with E-state index in [0.717, 1.165) is 28.9 Å². The van der Waals surface area contributed by atoms with Crippen LogP contribution in [-0.4, -0.2) is 25.6 Å². The van der Waals surface area contributed by atoms with Crippen molar-refractivity contribution in [3.63, 3.8) is 0 Å². The van der Waals surface area contributed by atoms with Crippen molar-refractivity contribution in [3.8, 4) is 11.1 Å². The number of aromatic nitrogens is 1. The Kier molecular flexibility index (Phi) is 4.73. The van der Waals surface area contributed by atoms with Crippen LogP contribution < -0.4 is 5.32 Å². The molecule has 2 atom stereocenters. The molecule has 4 rings (SSSR count). The van der Waals surface area contributed by atoms with E-state index in [1.807, 2.05) is 42.5 Å². The highest BCUT2D eigenvalue weighted by atomic mass is 32.2. The third-order valence-electron chi connectivity index (χ3n) is 4.96. The van der Waals surface area contributed by atoms with Gasteiger partial charge in [-0.15, -0.1) is 0 Å². The second-order valence-corrected chi connectivity index (χ2v) is 9.08. The SMILES string of the molecule is CS(=O)(=O)c1ccc(-c2ccc(NC(=O)C3CC3c3ccccn3)cc2)cc1. The average Bonchev–Trinajstić information content (AvgIpc) is 3.50. The first-order valence-corrected chi connectivity index (χ1v) is 10.9. The molecule has 1 heterocycles. The van der Waals surface area contributed by atoms with Crippen LogP contribution in [0.2, 0.25) is 0 Å². The minimum Gasteiger partial charge on any atom is -0.326 e. The molecule has 0 bridgehead atoms. The lowest BCUT2D eigenvalue weighted by Gasteiger charge is -2.07. The Morgan fingerprint density at radius 1 is 0.964 bits per heavy atom. The highest BCUT2D eigenvalue weighted by Crippen LogP contribution is 2.47. The smallest absolute Gasteiger partial charge is 0.228 e. The van der Waals surface area contributed by atoms with Crippen LogP contribution in [0.25, 0.3) is 11.1 Å². The molecule has 1 aliphatic rings. The quantitative estimate of drug-likeness (QED) is 0.715. The van der Waals surface area contributed by atoms with Crippen LogP contribution in [0.3, 0.4) is 0 Å². The van der Waals surface area contributed by atoms with Crippen LogP contribution in [-0.2, 0) is 14.6 Å². The van der Waals surface area contributed by atoms with Gasteiger partial charge in [0.1, 0.15) is 0 Å². The fraction of sp³-hybridized carbons (Fsp3) is 0.182. The number of amides is 1. The van der Waals surface area contributed by atoms with Crippen molar-refractivity contribution < 1.29 is 13.2 Å². The number of nitrogens with one attached hydrogen (secondary N) is 1. The summed E-state index contributed by atoms with van der Waals surface area (Å²) < 4.78 is 23.1. The molecule has 1 saturated carbocycles. The third-order valence-corrected chi connectivity index (χ3v) is 6.09. The summed E-state index contributed by atoms with van der Waals surface area (Å²) in [5, 5.41) is 2.97. The second kappa shape index (κ2) is 7.20. The van der Waals surface area contributed by atoms with E-state index in [1.54, 1.807) is 30.5 Å². The molecule has 1 aromatic heterocycles. The molecule has 1 amide bonds. The summed E-state index contributed by atoms with van der Waals surface area (Å²) in [5.41, 5.74) is 3.59. The predicted molar refractivity (Wildman–Crippen MR) is 109 cm³/mol. The molecule has 142 valence electrons. The summed E-state index contributed by atoms with van der Waals surface area (Å²) in [4.78, 5) is 17.1. The van der Waals surface area contributed by atoms with Crippen molar-refractivity contribution in [3.05, 3.63) is 78.6 Å². The number of carbonyl (C=O) groups is 1. The highest BCUT2D eigenvalue weighted by molar-refractivity contribution is 7.90. The molecule has 2 unspecified atom stereocenters. The fourth-order valence-corrected chi connectivity index (χ4v) is 3.91. The van der Waals surface area contributed by atoms with Gasteiger partial charge < -0.3 is 5.32 Å². The lowest BCUT2D eigenvalue weighted by Crippen LogP contribution is -2.14. The molecule has 0 spiro atoms. The number of benzene rings is 2. The standard InChI is InChI=1S/C22H20N2O3S/c1-28(26,27)18-11-7-16(8-12-18)15-5-9-17(10-6-15)24-22(25)20-14-19(20)21-4-2-3-13-23-21/h2-13,19-20H,14H2,1H3,(H,24,25). The molecule has 2 aromatic carbocycles. The first-order chi connectivity index (χ1) is 13.4. The maximum absolute atomic E-state index is 12.4. The van der Waals surface area contributed by atoms with E-state index in [9.17, 15) is 13.2 Å². The molecular weight excluding hydrogens is 372 g/mol. The Morgan fingerprint density at radius 2 is 1.61 bits per heavy atom. The number of rotatable bonds is 5. The number of carbonyl (C=O) groups excluding carboxylic acids is 1. The first-order valence-electron chi connectivity index (χ1n) is 9.04. The van der Waals surface area contributed by atoms with Gasteiger partial charge in [0.05, 0.1) is 4.90 Å². The molecule has 0 saturated heterocycles. The topological polar surface area (TPSA) is 76.1 Å². The summed E-state index contributed by atoms with van der Waals surface area (Å²) in [6.45, 7) is 0. The number of nitrogens with zero attached hydrogens (tertiary/aromatic N) is 1. The number of sulfone groups is 1. The molecule has 1 N–H and O–H groups in total. The molecule has 5 nitrogen and oxygen atoms in total. The molecule has 0 aliphatic heterocycles. The molecule has 1 aliphatic carbocycles. The molecule has 3 aromatic rings. The van der Waals surface area contributed by atoms with E-state index < -0.39 is 9.84 Å². The lowest BCUT2D eigenvalue weighted by molar-refractivity contribution is -0.117. The van der Waals surface area contributed by atoms with Crippen LogP contribution in [0.5, 0.6) is 0 Å². The second-order valence-electron chi connectivity index (χ2n) is 7.07. The molecule has 1 fully saturated rings. The van der Waals surface area contributed by atoms with Crippen LogP contribution in [0.1, 0.15) is 18.0 Å². The van der Waals surface area contributed by atoms with Crippen molar-refractivity contribution in [1.82, 2.24) is 4.98 Å². The van der Waals surface area contributed by atoms with Crippen molar-refractivity contribution in [2.75, 3.05) is 11.6 Å². The monoisotopic (exact) mass is 392 g/mol. The van der Waals surface area contributed by atoms with Gasteiger partial charge in [0.15, 0.2) is 9.84 Å². The highest BCUT2D eigenvalue weighted by Gasteiger charge is 2.44. The van der Waals surface area contributed by atoms with Gasteiger partial charge in [-0.3, -0.25) is 9.78 Å². The summed E-state index contributed by atoms with van der Waals surface area (Å²) in [5.74, 6) is 0.188. The zero-order valence-electron chi connectivity index (χ0n) is 15.4. The average molecular weight is 392 g/mol. The van der Waals surface area contributed by atoms with Gasteiger partial charge in [-0.25, -0.2) is 8.42 Å². The van der Waals surface area contributed by atoms with Crippen LogP contribution in [0.15, 0.2) is 77.8 Å². The van der Waals surface area contributed by atoms with Crippen molar-refractivity contribution >= 4 is 21.4 Å². The Labute approximate surface area is 164 Å². The molecule has 28 heavy (non-hydrogen) atoms. The largest absolute Gasteiger partial charge is 0.326 e. The van der Waals surface area contributed by atoms with Crippen LogP contribution >= 0.6 is 0 Å². The normalized spacial score (nSPS) is 18.5. The molecule has 0 radical (unpaired) electrons. The Morgan fingerprint density at radius 3 is 2.18 bits per heavy atom. The number of hydrogen-bond acceptors (Lipinski definition) is 4. The zero-order valence-corrected chi connectivity index (χ0v) is 16.2. The van der Waals surface area contributed by atoms with Gasteiger partial charge in [0.2, 0.25) is 5.91 Å². The van der Waals surface area contributed by atoms with Gasteiger partial charge in [0, 0.05) is 35.7 Å².